The molecule has 1 atom stereocenters. The van der Waals surface area contributed by atoms with Crippen molar-refractivity contribution in [2.45, 2.75) is 45.1 Å². The fourth-order valence-corrected chi connectivity index (χ4v) is 4.43. The van der Waals surface area contributed by atoms with E-state index in [9.17, 15) is 10.1 Å². The smallest absolute Gasteiger partial charge is 0.253 e. The van der Waals surface area contributed by atoms with Crippen LogP contribution in [0.4, 0.5) is 11.6 Å². The van der Waals surface area contributed by atoms with Crippen LogP contribution >= 0.6 is 0 Å². The molecule has 8 heteroatoms. The molecule has 1 N–H and O–H groups in total. The van der Waals surface area contributed by atoms with Crippen molar-refractivity contribution in [1.82, 2.24) is 24.6 Å². The molecule has 0 spiro atoms. The number of nitrogens with zero attached hydrogens (tertiary/aromatic N) is 6. The lowest BCUT2D eigenvalue weighted by Crippen LogP contribution is -2.21. The Morgan fingerprint density at radius 2 is 1.97 bits per heavy atom. The van der Waals surface area contributed by atoms with Crippen LogP contribution in [-0.2, 0) is 0 Å². The molecule has 3 aromatic rings. The number of aryl methyl sites for hydroxylation is 1. The highest BCUT2D eigenvalue weighted by molar-refractivity contribution is 5.94. The fourth-order valence-electron chi connectivity index (χ4n) is 4.43. The Balaban J connectivity index is 1.54. The van der Waals surface area contributed by atoms with Gasteiger partial charge in [0.2, 0.25) is 5.95 Å². The van der Waals surface area contributed by atoms with Gasteiger partial charge in [-0.25, -0.2) is 9.97 Å². The van der Waals surface area contributed by atoms with Gasteiger partial charge in [0.25, 0.3) is 5.91 Å². The minimum Gasteiger partial charge on any atom is -0.345 e. The molecule has 2 heterocycles. The number of nitrogens with one attached hydrogen (secondary N) is 1. The fraction of sp³-hybridized carbons (Fsp3) is 0.400. The summed E-state index contributed by atoms with van der Waals surface area (Å²) in [6.45, 7) is 1.97. The number of amides is 1. The average molecular weight is 444 g/mol. The summed E-state index contributed by atoms with van der Waals surface area (Å²) in [6.07, 6.45) is 10.8. The summed E-state index contributed by atoms with van der Waals surface area (Å²) in [5, 5.41) is 17.2. The van der Waals surface area contributed by atoms with Crippen molar-refractivity contribution in [1.29, 1.82) is 5.26 Å². The number of hydrogen-bond acceptors (Lipinski definition) is 6. The Hall–Kier alpha value is -3.73. The monoisotopic (exact) mass is 443 g/mol. The number of benzene rings is 1. The molecular formula is C25H29N7O. The summed E-state index contributed by atoms with van der Waals surface area (Å²) in [4.78, 5) is 22.8. The van der Waals surface area contributed by atoms with Crippen molar-refractivity contribution in [3.63, 3.8) is 0 Å². The maximum absolute atomic E-state index is 12.1. The molecular weight excluding hydrogens is 414 g/mol. The zero-order chi connectivity index (χ0) is 23.4. The van der Waals surface area contributed by atoms with E-state index in [-0.39, 0.29) is 11.9 Å². The van der Waals surface area contributed by atoms with Gasteiger partial charge in [-0.05, 0) is 55.5 Å². The van der Waals surface area contributed by atoms with E-state index in [1.807, 2.05) is 36.1 Å². The van der Waals surface area contributed by atoms with Crippen molar-refractivity contribution in [3.05, 3.63) is 54.0 Å². The van der Waals surface area contributed by atoms with Crippen molar-refractivity contribution in [2.24, 2.45) is 5.92 Å². The standard InChI is InChI=1S/C25H29N7O/c1-17-14-27-25(29-21-10-8-19(9-11-21)24(33)31(2)3)30-23(17)20-15-28-32(16-20)22(12-13-26)18-6-4-5-7-18/h8-11,14-16,18,22H,4-7,12H2,1-3H3,(H,27,29,30). The first-order chi connectivity index (χ1) is 16.0. The zero-order valence-electron chi connectivity index (χ0n) is 19.3. The number of carbonyl (C=O) groups excluding carboxylic acids is 1. The first kappa shape index (κ1) is 22.5. The van der Waals surface area contributed by atoms with Crippen molar-refractivity contribution >= 4 is 17.5 Å². The van der Waals surface area contributed by atoms with E-state index in [1.54, 1.807) is 37.3 Å². The van der Waals surface area contributed by atoms with E-state index in [2.05, 4.69) is 21.5 Å². The van der Waals surface area contributed by atoms with Gasteiger partial charge >= 0.3 is 0 Å². The van der Waals surface area contributed by atoms with Crippen LogP contribution in [0, 0.1) is 24.2 Å². The second kappa shape index (κ2) is 9.82. The molecule has 1 fully saturated rings. The average Bonchev–Trinajstić information content (AvgIpc) is 3.51. The molecule has 0 radical (unpaired) electrons. The van der Waals surface area contributed by atoms with Gasteiger partial charge in [0.05, 0.1) is 30.4 Å². The van der Waals surface area contributed by atoms with Gasteiger partial charge in [-0.1, -0.05) is 12.8 Å². The highest BCUT2D eigenvalue weighted by atomic mass is 16.2. The molecule has 0 bridgehead atoms. The summed E-state index contributed by atoms with van der Waals surface area (Å²) in [6, 6.07) is 9.68. The number of aromatic nitrogens is 4. The third kappa shape index (κ3) is 5.03. The number of hydrogen-bond donors (Lipinski definition) is 1. The minimum absolute atomic E-state index is 0.0419. The molecule has 170 valence electrons. The van der Waals surface area contributed by atoms with Gasteiger partial charge in [-0.3, -0.25) is 9.48 Å². The predicted octanol–water partition coefficient (Wildman–Crippen LogP) is 4.74. The van der Waals surface area contributed by atoms with Gasteiger partial charge in [0.15, 0.2) is 0 Å². The Bertz CT molecular complexity index is 1150. The second-order valence-electron chi connectivity index (χ2n) is 8.81. The quantitative estimate of drug-likeness (QED) is 0.566. The predicted molar refractivity (Wildman–Crippen MR) is 127 cm³/mol. The third-order valence-corrected chi connectivity index (χ3v) is 6.23. The molecule has 8 nitrogen and oxygen atoms in total. The zero-order valence-corrected chi connectivity index (χ0v) is 19.3. The maximum Gasteiger partial charge on any atom is 0.253 e. The lowest BCUT2D eigenvalue weighted by atomic mass is 9.96. The molecule has 0 aliphatic heterocycles. The van der Waals surface area contributed by atoms with Crippen LogP contribution in [0.2, 0.25) is 0 Å². The Kier molecular flexibility index (Phi) is 6.68. The summed E-state index contributed by atoms with van der Waals surface area (Å²) in [5.74, 6) is 0.933. The molecule has 1 aliphatic rings. The van der Waals surface area contributed by atoms with E-state index < -0.39 is 0 Å². The largest absolute Gasteiger partial charge is 0.345 e. The first-order valence-electron chi connectivity index (χ1n) is 11.3. The summed E-state index contributed by atoms with van der Waals surface area (Å²) in [5.41, 5.74) is 4.08. The van der Waals surface area contributed by atoms with Crippen molar-refractivity contribution < 1.29 is 4.79 Å². The van der Waals surface area contributed by atoms with Crippen LogP contribution in [0.25, 0.3) is 11.3 Å². The Morgan fingerprint density at radius 1 is 1.24 bits per heavy atom. The minimum atomic E-state index is -0.0419. The summed E-state index contributed by atoms with van der Waals surface area (Å²) >= 11 is 0. The molecule has 1 saturated carbocycles. The van der Waals surface area contributed by atoms with E-state index in [1.165, 1.54) is 12.8 Å². The van der Waals surface area contributed by atoms with Gasteiger partial charge in [-0.15, -0.1) is 0 Å². The Labute approximate surface area is 194 Å². The van der Waals surface area contributed by atoms with Gasteiger partial charge in [-0.2, -0.15) is 10.4 Å². The van der Waals surface area contributed by atoms with Crippen LogP contribution in [0.1, 0.15) is 54.1 Å². The SMILES string of the molecule is Cc1cnc(Nc2ccc(C(=O)N(C)C)cc2)nc1-c1cnn(C(CC#N)C2CCCC2)c1. The van der Waals surface area contributed by atoms with Crippen molar-refractivity contribution in [2.75, 3.05) is 19.4 Å². The molecule has 1 amide bonds. The van der Waals surface area contributed by atoms with Crippen LogP contribution in [0.15, 0.2) is 42.9 Å². The number of carbonyl (C=O) groups is 1. The van der Waals surface area contributed by atoms with E-state index in [0.29, 0.717) is 23.9 Å². The van der Waals surface area contributed by atoms with E-state index in [0.717, 1.165) is 35.3 Å². The third-order valence-electron chi connectivity index (χ3n) is 6.23. The van der Waals surface area contributed by atoms with Crippen LogP contribution in [0.5, 0.6) is 0 Å². The van der Waals surface area contributed by atoms with Crippen LogP contribution in [0.3, 0.4) is 0 Å². The summed E-state index contributed by atoms with van der Waals surface area (Å²) in [7, 11) is 3.46. The second-order valence-corrected chi connectivity index (χ2v) is 8.81. The molecule has 2 aromatic heterocycles. The molecule has 33 heavy (non-hydrogen) atoms. The summed E-state index contributed by atoms with van der Waals surface area (Å²) < 4.78 is 1.95. The molecule has 1 unspecified atom stereocenters. The van der Waals surface area contributed by atoms with E-state index in [4.69, 9.17) is 4.98 Å². The molecule has 0 saturated heterocycles. The lowest BCUT2D eigenvalue weighted by molar-refractivity contribution is 0.0827. The first-order valence-corrected chi connectivity index (χ1v) is 11.3. The van der Waals surface area contributed by atoms with E-state index >= 15 is 0 Å². The van der Waals surface area contributed by atoms with Crippen molar-refractivity contribution in [3.8, 4) is 17.3 Å². The highest BCUT2D eigenvalue weighted by Gasteiger charge is 2.27. The number of nitriles is 1. The van der Waals surface area contributed by atoms with Crippen LogP contribution in [-0.4, -0.2) is 44.7 Å². The highest BCUT2D eigenvalue weighted by Crippen LogP contribution is 2.36. The van der Waals surface area contributed by atoms with Gasteiger partial charge < -0.3 is 10.2 Å². The Morgan fingerprint density at radius 3 is 2.64 bits per heavy atom. The number of anilines is 2. The topological polar surface area (TPSA) is 99.7 Å². The lowest BCUT2D eigenvalue weighted by Gasteiger charge is -2.21. The van der Waals surface area contributed by atoms with Crippen LogP contribution < -0.4 is 5.32 Å². The molecule has 1 aliphatic carbocycles. The molecule has 1 aromatic carbocycles. The molecule has 4 rings (SSSR count). The normalized spacial score (nSPS) is 14.6. The maximum atomic E-state index is 12.1. The number of rotatable bonds is 7. The van der Waals surface area contributed by atoms with Gasteiger partial charge in [0, 0.05) is 43.3 Å². The van der Waals surface area contributed by atoms with Gasteiger partial charge in [0.1, 0.15) is 0 Å².